The summed E-state index contributed by atoms with van der Waals surface area (Å²) in [6.45, 7) is -2.38. The third-order valence-corrected chi connectivity index (χ3v) is 7.26. The molecule has 0 rings (SSSR count). The highest BCUT2D eigenvalue weighted by Crippen LogP contribution is 2.10. The molecule has 0 aliphatic carbocycles. The minimum atomic E-state index is -2.00. The minimum absolute atomic E-state index is 0.0634. The van der Waals surface area contributed by atoms with Gasteiger partial charge in [0.15, 0.2) is 37.5 Å². The molecule has 70 heavy (non-hydrogen) atoms. The van der Waals surface area contributed by atoms with Gasteiger partial charge in [0.25, 0.3) is 0 Å². The monoisotopic (exact) mass is 1040 g/mol. The van der Waals surface area contributed by atoms with Crippen LogP contribution in [-0.2, 0) is 57.5 Å². The van der Waals surface area contributed by atoms with Gasteiger partial charge in [0, 0.05) is 13.2 Å². The number of hydrogen-bond acceptors (Lipinski definition) is 32. The molecule has 14 atom stereocenters. The van der Waals surface area contributed by atoms with Gasteiger partial charge in [-0.25, -0.2) is 8.78 Å². The van der Waals surface area contributed by atoms with Crippen molar-refractivity contribution in [2.45, 2.75) is 125 Å². The average Bonchev–Trinajstić information content (AvgIpc) is 3.35. The second kappa shape index (κ2) is 53.2. The SMILES string of the molecule is CCC(O)C(O)C(O)C(O)C(=O)CF.CCC(O)C(O)C(O)C=O.O=C(CO)C(O)C(O)C(O)C(O)CCO.O=C([O-])C(=O)CF.O=C([O-])C(=O)CO.O=C=O.O=C=O.O=CC(O)C(O)C(O)CCO. The average molecular weight is 1040 g/mol. The Bertz CT molecular complexity index is 1420. The van der Waals surface area contributed by atoms with Crippen LogP contribution in [0.2, 0.25) is 0 Å². The van der Waals surface area contributed by atoms with Crippen LogP contribution in [0.1, 0.15) is 39.5 Å². The Kier molecular flexibility index (Phi) is 62.2. The summed E-state index contributed by atoms with van der Waals surface area (Å²) < 4.78 is 22.6. The number of ketones is 4. The molecular formula is C36H60F2O32-2. The van der Waals surface area contributed by atoms with Crippen molar-refractivity contribution in [1.29, 1.82) is 0 Å². The molecule has 0 saturated heterocycles. The van der Waals surface area contributed by atoms with Crippen LogP contribution in [0.25, 0.3) is 0 Å². The van der Waals surface area contributed by atoms with E-state index < -0.39 is 154 Å². The van der Waals surface area contributed by atoms with Crippen LogP contribution >= 0.6 is 0 Å². The lowest BCUT2D eigenvalue weighted by Crippen LogP contribution is -2.48. The predicted molar refractivity (Wildman–Crippen MR) is 206 cm³/mol. The van der Waals surface area contributed by atoms with Gasteiger partial charge in [-0.15, -0.1) is 0 Å². The van der Waals surface area contributed by atoms with Crippen molar-refractivity contribution < 1.29 is 168 Å². The summed E-state index contributed by atoms with van der Waals surface area (Å²) in [6.07, 6.45) is -21.1. The third kappa shape index (κ3) is 45.3. The molecule has 0 heterocycles. The fourth-order valence-electron chi connectivity index (χ4n) is 3.21. The zero-order valence-corrected chi connectivity index (χ0v) is 36.8. The molecule has 0 aromatic heterocycles. The van der Waals surface area contributed by atoms with E-state index in [4.69, 9.17) is 101 Å². The highest BCUT2D eigenvalue weighted by molar-refractivity contribution is 6.32. The molecule has 0 bridgehead atoms. The summed E-state index contributed by atoms with van der Waals surface area (Å²) in [6, 6.07) is 0. The van der Waals surface area contributed by atoms with Crippen molar-refractivity contribution >= 4 is 59.9 Å². The van der Waals surface area contributed by atoms with E-state index in [0.717, 1.165) is 0 Å². The Hall–Kier alpha value is -5.14. The summed E-state index contributed by atoms with van der Waals surface area (Å²) in [7, 11) is 0. The highest BCUT2D eigenvalue weighted by Gasteiger charge is 2.34. The van der Waals surface area contributed by atoms with Gasteiger partial charge in [-0.05, 0) is 25.7 Å². The van der Waals surface area contributed by atoms with E-state index in [-0.39, 0.29) is 50.7 Å². The van der Waals surface area contributed by atoms with Gasteiger partial charge in [0.2, 0.25) is 11.6 Å². The normalized spacial score (nSPS) is 15.7. The van der Waals surface area contributed by atoms with Crippen LogP contribution in [0.15, 0.2) is 0 Å². The van der Waals surface area contributed by atoms with Crippen molar-refractivity contribution in [2.24, 2.45) is 0 Å². The van der Waals surface area contributed by atoms with Crippen LogP contribution in [0.5, 0.6) is 0 Å². The number of alkyl halides is 2. The van der Waals surface area contributed by atoms with Crippen LogP contribution in [0.4, 0.5) is 8.78 Å². The zero-order valence-electron chi connectivity index (χ0n) is 36.8. The van der Waals surface area contributed by atoms with Gasteiger partial charge in [-0.1, -0.05) is 13.8 Å². The van der Waals surface area contributed by atoms with Crippen LogP contribution in [-0.4, -0.2) is 277 Å². The van der Waals surface area contributed by atoms with E-state index in [1.54, 1.807) is 13.8 Å². The molecule has 0 saturated carbocycles. The molecule has 0 radical (unpaired) electrons. The molecule has 0 spiro atoms. The molecule has 0 amide bonds. The minimum Gasteiger partial charge on any atom is -0.542 e. The van der Waals surface area contributed by atoms with E-state index >= 15 is 0 Å². The van der Waals surface area contributed by atoms with Gasteiger partial charge in [-0.2, -0.15) is 19.2 Å². The maximum Gasteiger partial charge on any atom is 0.373 e. The van der Waals surface area contributed by atoms with Gasteiger partial charge in [0.05, 0.1) is 24.4 Å². The number of carbonyl (C=O) groups is 8. The Morgan fingerprint density at radius 2 is 0.743 bits per heavy atom. The number of rotatable bonds is 26. The summed E-state index contributed by atoms with van der Waals surface area (Å²) >= 11 is 0. The number of carbonyl (C=O) groups excluding carboxylic acids is 12. The summed E-state index contributed by atoms with van der Waals surface area (Å²) in [5.41, 5.74) is 0. The van der Waals surface area contributed by atoms with Crippen molar-refractivity contribution in [1.82, 2.24) is 0 Å². The number of aliphatic hydroxyl groups is 18. The van der Waals surface area contributed by atoms with Gasteiger partial charge >= 0.3 is 12.3 Å². The first-order chi connectivity index (χ1) is 32.4. The van der Waals surface area contributed by atoms with Crippen molar-refractivity contribution in [3.05, 3.63) is 0 Å². The Morgan fingerprint density at radius 1 is 0.457 bits per heavy atom. The quantitative estimate of drug-likeness (QED) is 0.0282. The first kappa shape index (κ1) is 81.8. The Morgan fingerprint density at radius 3 is 0.957 bits per heavy atom. The highest BCUT2D eigenvalue weighted by atomic mass is 19.1. The van der Waals surface area contributed by atoms with Crippen molar-refractivity contribution in [3.8, 4) is 0 Å². The molecule has 0 aliphatic rings. The molecule has 34 heteroatoms. The number of hydrogen-bond donors (Lipinski definition) is 18. The standard InChI is InChI=1S/C8H15FO5.C8H16O7.C6H12O5.C6H12O4.C3H3FO3.C3H4O4.2CO2/c1-2-4(10)6(12)8(14)7(13)5(11)3-9;9-2-1-4(11)6(13)8(15)7(14)5(12)3-10;7-2-1-4(9)6(11)5(10)3-8;1-2-4(8)6(10)5(9)3-7;2*4-1-2(5)3(6)7;2*2-1-3/h4,6-8,10,12-14H,2-3H2,1H3;4,6-11,13-15H,1-3H2;3-7,9-11H,1-2H2;3-6,8-10H,2H2,1H3;1H2,(H,6,7);4H,1H2,(H,6,7);;/p-2. The lowest BCUT2D eigenvalue weighted by atomic mass is 9.99. The maximum atomic E-state index is 11.8. The summed E-state index contributed by atoms with van der Waals surface area (Å²) in [5, 5.41) is 177. The maximum absolute atomic E-state index is 11.8. The molecule has 0 aliphatic heterocycles. The Labute approximate surface area is 393 Å². The van der Waals surface area contributed by atoms with E-state index in [9.17, 15) is 67.6 Å². The molecule has 412 valence electrons. The number of aldehydes is 2. The van der Waals surface area contributed by atoms with Crippen LogP contribution in [0.3, 0.4) is 0 Å². The fraction of sp³-hybridized carbons (Fsp3) is 0.722. The lowest BCUT2D eigenvalue weighted by Gasteiger charge is -2.25. The van der Waals surface area contributed by atoms with Gasteiger partial charge in [0.1, 0.15) is 86.2 Å². The first-order valence-electron chi connectivity index (χ1n) is 18.9. The number of carboxylic acid groups (broad SMARTS) is 2. The van der Waals surface area contributed by atoms with Crippen molar-refractivity contribution in [2.75, 3.05) is 39.8 Å². The molecule has 18 N–H and O–H groups in total. The Balaban J connectivity index is -0.000000109. The fourth-order valence-corrected chi connectivity index (χ4v) is 3.21. The zero-order chi connectivity index (χ0) is 57.4. The van der Waals surface area contributed by atoms with Gasteiger partial charge < -0.3 is 121 Å². The molecule has 32 nitrogen and oxygen atoms in total. The van der Waals surface area contributed by atoms with Crippen LogP contribution in [0, 0.1) is 0 Å². The smallest absolute Gasteiger partial charge is 0.373 e. The molecule has 0 aromatic carbocycles. The topological polar surface area (TPSA) is 615 Å². The molecule has 0 aromatic rings. The van der Waals surface area contributed by atoms with E-state index in [0.29, 0.717) is 6.42 Å². The number of carboxylic acids is 2. The van der Waals surface area contributed by atoms with Crippen LogP contribution < -0.4 is 10.2 Å². The molecular weight excluding hydrogens is 982 g/mol. The lowest BCUT2D eigenvalue weighted by molar-refractivity contribution is -0.301. The van der Waals surface area contributed by atoms with E-state index in [2.05, 4.69) is 0 Å². The molecule has 0 fully saturated rings. The summed E-state index contributed by atoms with van der Waals surface area (Å²) in [4.78, 5) is 111. The van der Waals surface area contributed by atoms with E-state index in [1.807, 2.05) is 0 Å². The largest absolute Gasteiger partial charge is 0.542 e. The first-order valence-corrected chi connectivity index (χ1v) is 18.9. The van der Waals surface area contributed by atoms with Gasteiger partial charge in [-0.3, -0.25) is 19.2 Å². The van der Waals surface area contributed by atoms with E-state index in [1.165, 1.54) is 0 Å². The van der Waals surface area contributed by atoms with Crippen molar-refractivity contribution in [3.63, 3.8) is 0 Å². The number of aliphatic hydroxyl groups excluding tert-OH is 18. The predicted octanol–water partition coefficient (Wildman–Crippen LogP) is -14.5. The molecule has 14 unspecified atom stereocenters. The second-order valence-electron chi connectivity index (χ2n) is 12.3. The third-order valence-electron chi connectivity index (χ3n) is 7.26. The second-order valence-corrected chi connectivity index (χ2v) is 12.3. The number of aliphatic carboxylic acids is 2. The number of halogens is 2. The summed E-state index contributed by atoms with van der Waals surface area (Å²) in [5.74, 6) is -8.90. The number of Topliss-reactive ketones (excluding diaryl/α,β-unsaturated/α-hetero) is 4.